The number of non-ortho nitro benzene ring substituents is 1. The minimum absolute atomic E-state index is 0.128. The summed E-state index contributed by atoms with van der Waals surface area (Å²) in [6.07, 6.45) is 7.16. The highest BCUT2D eigenvalue weighted by atomic mass is 16.6. The van der Waals surface area contributed by atoms with Gasteiger partial charge in [0.1, 0.15) is 0 Å². The minimum atomic E-state index is -0.367. The van der Waals surface area contributed by atoms with Gasteiger partial charge in [-0.15, -0.1) is 0 Å². The molecule has 0 saturated carbocycles. The van der Waals surface area contributed by atoms with Gasteiger partial charge >= 0.3 is 0 Å². The predicted octanol–water partition coefficient (Wildman–Crippen LogP) is 3.26. The second-order valence-electron chi connectivity index (χ2n) is 3.89. The van der Waals surface area contributed by atoms with Gasteiger partial charge in [-0.3, -0.25) is 10.1 Å². The van der Waals surface area contributed by atoms with Crippen LogP contribution in [0.5, 0.6) is 0 Å². The molecule has 88 valence electrons. The lowest BCUT2D eigenvalue weighted by Gasteiger charge is -2.22. The van der Waals surface area contributed by atoms with Crippen molar-refractivity contribution in [3.63, 3.8) is 0 Å². The second-order valence-corrected chi connectivity index (χ2v) is 3.89. The lowest BCUT2D eigenvalue weighted by Crippen LogP contribution is -2.19. The van der Waals surface area contributed by atoms with Gasteiger partial charge in [-0.05, 0) is 18.1 Å². The Kier molecular flexibility index (Phi) is 3.23. The first kappa shape index (κ1) is 11.4. The molecule has 0 aromatic heterocycles. The van der Waals surface area contributed by atoms with Crippen molar-refractivity contribution in [1.29, 1.82) is 0 Å². The van der Waals surface area contributed by atoms with Gasteiger partial charge in [-0.2, -0.15) is 0 Å². The molecule has 1 heterocycles. The number of nitro benzene ring substituents is 1. The van der Waals surface area contributed by atoms with Gasteiger partial charge in [0.15, 0.2) is 0 Å². The maximum absolute atomic E-state index is 10.7. The average molecular weight is 230 g/mol. The zero-order valence-corrected chi connectivity index (χ0v) is 9.67. The Hall–Kier alpha value is -2.10. The summed E-state index contributed by atoms with van der Waals surface area (Å²) in [4.78, 5) is 12.4. The van der Waals surface area contributed by atoms with Crippen molar-refractivity contribution in [2.75, 3.05) is 11.4 Å². The molecule has 0 saturated heterocycles. The summed E-state index contributed by atoms with van der Waals surface area (Å²) in [5, 5.41) is 10.7. The SMILES string of the molecule is CCC1=CN(c2cccc([N+](=O)[O-])c2)CC=C1. The third-order valence-electron chi connectivity index (χ3n) is 2.74. The lowest BCUT2D eigenvalue weighted by molar-refractivity contribution is -0.384. The molecule has 4 heteroatoms. The van der Waals surface area contributed by atoms with E-state index >= 15 is 0 Å². The smallest absolute Gasteiger partial charge is 0.271 e. The number of allylic oxidation sites excluding steroid dienone is 2. The maximum atomic E-state index is 10.7. The van der Waals surface area contributed by atoms with E-state index in [0.717, 1.165) is 18.7 Å². The van der Waals surface area contributed by atoms with Crippen molar-refractivity contribution in [2.24, 2.45) is 0 Å². The first-order valence-corrected chi connectivity index (χ1v) is 5.59. The zero-order valence-electron chi connectivity index (χ0n) is 9.67. The Labute approximate surface area is 100 Å². The standard InChI is InChI=1S/C13H14N2O2/c1-2-11-5-4-8-14(10-11)12-6-3-7-13(9-12)15(16)17/h3-7,9-10H,2,8H2,1H3. The summed E-state index contributed by atoms with van der Waals surface area (Å²) < 4.78 is 0. The Bertz CT molecular complexity index is 492. The van der Waals surface area contributed by atoms with Crippen LogP contribution in [-0.2, 0) is 0 Å². The summed E-state index contributed by atoms with van der Waals surface area (Å²) in [5.41, 5.74) is 2.21. The highest BCUT2D eigenvalue weighted by molar-refractivity contribution is 5.57. The molecule has 0 atom stereocenters. The van der Waals surface area contributed by atoms with E-state index in [1.165, 1.54) is 11.6 Å². The number of nitrogens with zero attached hydrogens (tertiary/aromatic N) is 2. The molecule has 2 rings (SSSR count). The second kappa shape index (κ2) is 4.82. The van der Waals surface area contributed by atoms with Crippen LogP contribution in [0.2, 0.25) is 0 Å². The normalized spacial score (nSPS) is 14.6. The molecule has 1 aliphatic rings. The third-order valence-corrected chi connectivity index (χ3v) is 2.74. The molecule has 0 bridgehead atoms. The van der Waals surface area contributed by atoms with Gasteiger partial charge in [-0.25, -0.2) is 0 Å². The van der Waals surface area contributed by atoms with Crippen LogP contribution in [0.1, 0.15) is 13.3 Å². The van der Waals surface area contributed by atoms with Crippen LogP contribution < -0.4 is 4.90 Å². The number of hydrogen-bond donors (Lipinski definition) is 0. The van der Waals surface area contributed by atoms with Crippen LogP contribution in [0.4, 0.5) is 11.4 Å². The molecule has 0 aliphatic carbocycles. The molecule has 0 amide bonds. The molecule has 1 aromatic carbocycles. The number of benzene rings is 1. The molecule has 1 aliphatic heterocycles. The van der Waals surface area contributed by atoms with Crippen molar-refractivity contribution in [3.8, 4) is 0 Å². The van der Waals surface area contributed by atoms with E-state index in [1.54, 1.807) is 12.1 Å². The lowest BCUT2D eigenvalue weighted by atomic mass is 10.1. The van der Waals surface area contributed by atoms with E-state index in [-0.39, 0.29) is 10.6 Å². The molecule has 1 aromatic rings. The fourth-order valence-corrected chi connectivity index (χ4v) is 1.79. The largest absolute Gasteiger partial charge is 0.344 e. The highest BCUT2D eigenvalue weighted by Crippen LogP contribution is 2.24. The Morgan fingerprint density at radius 2 is 2.29 bits per heavy atom. The van der Waals surface area contributed by atoms with E-state index in [9.17, 15) is 10.1 Å². The Balaban J connectivity index is 2.29. The fourth-order valence-electron chi connectivity index (χ4n) is 1.79. The summed E-state index contributed by atoms with van der Waals surface area (Å²) >= 11 is 0. The number of nitro groups is 1. The number of rotatable bonds is 3. The molecule has 17 heavy (non-hydrogen) atoms. The van der Waals surface area contributed by atoms with Crippen LogP contribution in [0, 0.1) is 10.1 Å². The molecular weight excluding hydrogens is 216 g/mol. The monoisotopic (exact) mass is 230 g/mol. The average Bonchev–Trinajstić information content (AvgIpc) is 2.39. The van der Waals surface area contributed by atoms with Gasteiger partial charge in [0.25, 0.3) is 5.69 Å². The van der Waals surface area contributed by atoms with Crippen molar-refractivity contribution in [1.82, 2.24) is 0 Å². The Morgan fingerprint density at radius 3 is 3.00 bits per heavy atom. The van der Waals surface area contributed by atoms with Gasteiger partial charge in [0.2, 0.25) is 0 Å². The van der Waals surface area contributed by atoms with Crippen LogP contribution in [0.3, 0.4) is 0 Å². The van der Waals surface area contributed by atoms with E-state index < -0.39 is 0 Å². The summed E-state index contributed by atoms with van der Waals surface area (Å²) in [7, 11) is 0. The van der Waals surface area contributed by atoms with E-state index in [4.69, 9.17) is 0 Å². The third kappa shape index (κ3) is 2.53. The predicted molar refractivity (Wildman–Crippen MR) is 68.0 cm³/mol. The zero-order chi connectivity index (χ0) is 12.3. The van der Waals surface area contributed by atoms with Crippen molar-refractivity contribution < 1.29 is 4.92 Å². The highest BCUT2D eigenvalue weighted by Gasteiger charge is 2.11. The topological polar surface area (TPSA) is 46.4 Å². The molecule has 4 nitrogen and oxygen atoms in total. The van der Waals surface area contributed by atoms with Crippen LogP contribution >= 0.6 is 0 Å². The van der Waals surface area contributed by atoms with Gasteiger partial charge < -0.3 is 4.90 Å². The van der Waals surface area contributed by atoms with Crippen LogP contribution in [-0.4, -0.2) is 11.5 Å². The van der Waals surface area contributed by atoms with Gasteiger partial charge in [0.05, 0.1) is 4.92 Å². The number of hydrogen-bond acceptors (Lipinski definition) is 3. The first-order valence-electron chi connectivity index (χ1n) is 5.59. The van der Waals surface area contributed by atoms with Crippen molar-refractivity contribution in [3.05, 3.63) is 58.3 Å². The van der Waals surface area contributed by atoms with E-state index in [0.29, 0.717) is 0 Å². The summed E-state index contributed by atoms with van der Waals surface area (Å²) in [6, 6.07) is 6.71. The summed E-state index contributed by atoms with van der Waals surface area (Å²) in [5.74, 6) is 0. The van der Waals surface area contributed by atoms with Crippen molar-refractivity contribution >= 4 is 11.4 Å². The van der Waals surface area contributed by atoms with E-state index in [1.807, 2.05) is 17.2 Å². The van der Waals surface area contributed by atoms with Crippen molar-refractivity contribution in [2.45, 2.75) is 13.3 Å². The fraction of sp³-hybridized carbons (Fsp3) is 0.231. The molecular formula is C13H14N2O2. The molecule has 0 fully saturated rings. The van der Waals surface area contributed by atoms with Crippen LogP contribution in [0.15, 0.2) is 48.2 Å². The van der Waals surface area contributed by atoms with Gasteiger partial charge in [0, 0.05) is 30.6 Å². The molecule has 0 spiro atoms. The molecule has 0 radical (unpaired) electrons. The molecule has 0 N–H and O–H groups in total. The summed E-state index contributed by atoms with van der Waals surface area (Å²) in [6.45, 7) is 2.85. The van der Waals surface area contributed by atoms with Gasteiger partial charge in [-0.1, -0.05) is 25.1 Å². The molecule has 0 unspecified atom stereocenters. The quantitative estimate of drug-likeness (QED) is 0.591. The first-order chi connectivity index (χ1) is 8.20. The number of anilines is 1. The van der Waals surface area contributed by atoms with Crippen LogP contribution in [0.25, 0.3) is 0 Å². The maximum Gasteiger partial charge on any atom is 0.271 e. The van der Waals surface area contributed by atoms with E-state index in [2.05, 4.69) is 19.1 Å². The Morgan fingerprint density at radius 1 is 1.47 bits per heavy atom. The minimum Gasteiger partial charge on any atom is -0.344 e.